The average Bonchev–Trinajstić information content (AvgIpc) is 2.82. The molecule has 1 saturated carbocycles. The van der Waals surface area contributed by atoms with Crippen molar-refractivity contribution in [3.8, 4) is 0 Å². The van der Waals surface area contributed by atoms with Gasteiger partial charge in [0.25, 0.3) is 5.91 Å². The normalized spacial score (nSPS) is 17.8. The highest BCUT2D eigenvalue weighted by atomic mass is 79.9. The van der Waals surface area contributed by atoms with Crippen LogP contribution in [0.3, 0.4) is 0 Å². The van der Waals surface area contributed by atoms with Crippen LogP contribution in [0.1, 0.15) is 48.0 Å². The number of anilines is 1. The summed E-state index contributed by atoms with van der Waals surface area (Å²) in [6, 6.07) is 10.9. The Morgan fingerprint density at radius 2 is 1.65 bits per heavy atom. The Hall–Kier alpha value is -2.35. The number of allylic oxidation sites excluding steroid dienone is 2. The summed E-state index contributed by atoms with van der Waals surface area (Å²) in [7, 11) is 0. The van der Waals surface area contributed by atoms with E-state index in [1.54, 1.807) is 42.5 Å². The van der Waals surface area contributed by atoms with Gasteiger partial charge in [-0.3, -0.25) is 9.59 Å². The zero-order chi connectivity index (χ0) is 24.5. The van der Waals surface area contributed by atoms with Crippen molar-refractivity contribution >= 4 is 62.5 Å². The third-order valence-corrected chi connectivity index (χ3v) is 7.88. The van der Waals surface area contributed by atoms with Crippen molar-refractivity contribution in [2.24, 2.45) is 5.41 Å². The lowest BCUT2D eigenvalue weighted by atomic mass is 9.62. The van der Waals surface area contributed by atoms with Crippen LogP contribution in [0.2, 0.25) is 10.0 Å². The van der Waals surface area contributed by atoms with Crippen LogP contribution in [0.15, 0.2) is 52.6 Å². The van der Waals surface area contributed by atoms with E-state index in [1.165, 1.54) is 0 Å². The van der Waals surface area contributed by atoms with Gasteiger partial charge in [0.05, 0.1) is 25.5 Å². The summed E-state index contributed by atoms with van der Waals surface area (Å²) < 4.78 is 0.456. The minimum absolute atomic E-state index is 0.0672. The fraction of sp³-hybridized carbons (Fsp3) is 0.320. The van der Waals surface area contributed by atoms with Gasteiger partial charge < -0.3 is 15.7 Å². The number of ketones is 1. The number of carboxylic acid groups (broad SMARTS) is 1. The van der Waals surface area contributed by atoms with Gasteiger partial charge in [0, 0.05) is 17.8 Å². The first-order valence-corrected chi connectivity index (χ1v) is 12.6. The molecule has 1 amide bonds. The van der Waals surface area contributed by atoms with Gasteiger partial charge >= 0.3 is 5.97 Å². The molecular formula is C25H23BrCl2N2O4. The van der Waals surface area contributed by atoms with Crippen LogP contribution < -0.4 is 10.6 Å². The predicted octanol–water partition coefficient (Wildman–Crippen LogP) is 5.97. The Balaban J connectivity index is 1.45. The fourth-order valence-corrected chi connectivity index (χ4v) is 6.10. The van der Waals surface area contributed by atoms with Gasteiger partial charge in [-0.2, -0.15) is 0 Å². The maximum atomic E-state index is 12.6. The van der Waals surface area contributed by atoms with Gasteiger partial charge in [-0.25, -0.2) is 4.79 Å². The lowest BCUT2D eigenvalue weighted by molar-refractivity contribution is -0.140. The van der Waals surface area contributed by atoms with Crippen molar-refractivity contribution in [2.75, 3.05) is 5.32 Å². The third-order valence-electron chi connectivity index (χ3n) is 6.50. The summed E-state index contributed by atoms with van der Waals surface area (Å²) in [6.45, 7) is 0. The van der Waals surface area contributed by atoms with Crippen molar-refractivity contribution in [2.45, 2.75) is 44.6 Å². The zero-order valence-corrected chi connectivity index (χ0v) is 21.3. The minimum Gasteiger partial charge on any atom is -0.480 e. The molecule has 0 aliphatic heterocycles. The molecule has 3 N–H and O–H groups in total. The molecule has 2 aromatic carbocycles. The van der Waals surface area contributed by atoms with Crippen molar-refractivity contribution in [3.63, 3.8) is 0 Å². The molecule has 178 valence electrons. The standard InChI is InChI=1S/C25H23BrCl2N2O4/c26-20-21(25(22(20)31)11-2-1-3-12-25)30-18(24(33)34)13-14-7-9-15(10-8-14)29-23(32)19-16(27)5-4-6-17(19)28/h4-10,18,30H,1-3,11-13H2,(H,29,32)(H,33,34). The number of hydrogen-bond acceptors (Lipinski definition) is 4. The molecule has 1 spiro atoms. The highest BCUT2D eigenvalue weighted by Crippen LogP contribution is 2.53. The van der Waals surface area contributed by atoms with Crippen LogP contribution in [0.25, 0.3) is 0 Å². The minimum atomic E-state index is -0.996. The molecule has 0 bridgehead atoms. The van der Waals surface area contributed by atoms with Crippen LogP contribution >= 0.6 is 39.1 Å². The molecule has 6 nitrogen and oxygen atoms in total. The molecule has 0 aromatic heterocycles. The highest BCUT2D eigenvalue weighted by Gasteiger charge is 2.53. The van der Waals surface area contributed by atoms with E-state index in [4.69, 9.17) is 23.2 Å². The van der Waals surface area contributed by atoms with Gasteiger partial charge in [0.2, 0.25) is 0 Å². The van der Waals surface area contributed by atoms with E-state index >= 15 is 0 Å². The van der Waals surface area contributed by atoms with Crippen molar-refractivity contribution in [1.29, 1.82) is 0 Å². The van der Waals surface area contributed by atoms with E-state index in [0.717, 1.165) is 37.7 Å². The Morgan fingerprint density at radius 1 is 1.03 bits per heavy atom. The van der Waals surface area contributed by atoms with E-state index in [0.29, 0.717) is 15.9 Å². The van der Waals surface area contributed by atoms with Crippen molar-refractivity contribution < 1.29 is 19.5 Å². The molecule has 2 aromatic rings. The summed E-state index contributed by atoms with van der Waals surface area (Å²) in [5.74, 6) is -1.36. The number of rotatable bonds is 7. The number of Topliss-reactive ketones (excluding diaryl/α,β-unsaturated/α-hetero) is 1. The number of amides is 1. The average molecular weight is 566 g/mol. The van der Waals surface area contributed by atoms with Crippen molar-refractivity contribution in [3.05, 3.63) is 73.8 Å². The van der Waals surface area contributed by atoms with Crippen LogP contribution in [0.4, 0.5) is 5.69 Å². The highest BCUT2D eigenvalue weighted by molar-refractivity contribution is 9.12. The summed E-state index contributed by atoms with van der Waals surface area (Å²) in [6.07, 6.45) is 4.73. The van der Waals surface area contributed by atoms with E-state index in [9.17, 15) is 19.5 Å². The SMILES string of the molecule is O=C(Nc1ccc(CC(NC2=C(Br)C(=O)C23CCCCC3)C(=O)O)cc1)c1c(Cl)cccc1Cl. The summed E-state index contributed by atoms with van der Waals surface area (Å²) in [4.78, 5) is 37.2. The van der Waals surface area contributed by atoms with E-state index in [-0.39, 0.29) is 27.8 Å². The number of carboxylic acids is 1. The Kier molecular flexibility index (Phi) is 7.36. The number of hydrogen-bond donors (Lipinski definition) is 3. The first-order valence-electron chi connectivity index (χ1n) is 11.0. The number of carbonyl (C=O) groups excluding carboxylic acids is 2. The maximum absolute atomic E-state index is 12.6. The molecule has 9 heteroatoms. The first kappa shape index (κ1) is 24.8. The quantitative estimate of drug-likeness (QED) is 0.384. The lowest BCUT2D eigenvalue weighted by Gasteiger charge is -2.46. The molecule has 1 fully saturated rings. The molecule has 0 heterocycles. The molecule has 1 atom stereocenters. The van der Waals surface area contributed by atoms with Gasteiger partial charge in [0.15, 0.2) is 5.78 Å². The van der Waals surface area contributed by atoms with Crippen molar-refractivity contribution in [1.82, 2.24) is 5.32 Å². The molecule has 2 aliphatic rings. The summed E-state index contributed by atoms with van der Waals surface area (Å²) in [5, 5.41) is 16.2. The molecular weight excluding hydrogens is 543 g/mol. The first-order chi connectivity index (χ1) is 16.2. The van der Waals surface area contributed by atoms with E-state index in [1.807, 2.05) is 0 Å². The van der Waals surface area contributed by atoms with Gasteiger partial charge in [0.1, 0.15) is 6.04 Å². The third kappa shape index (κ3) is 4.74. The maximum Gasteiger partial charge on any atom is 0.326 e. The van der Waals surface area contributed by atoms with Crippen LogP contribution in [0.5, 0.6) is 0 Å². The smallest absolute Gasteiger partial charge is 0.326 e. The number of nitrogens with one attached hydrogen (secondary N) is 2. The fourth-order valence-electron chi connectivity index (χ4n) is 4.66. The van der Waals surface area contributed by atoms with E-state index in [2.05, 4.69) is 26.6 Å². The monoisotopic (exact) mass is 564 g/mol. The summed E-state index contributed by atoms with van der Waals surface area (Å²) in [5.41, 5.74) is 1.63. The molecule has 0 radical (unpaired) electrons. The second-order valence-electron chi connectivity index (χ2n) is 8.65. The number of aliphatic carboxylic acids is 1. The molecule has 4 rings (SSSR count). The van der Waals surface area contributed by atoms with Gasteiger partial charge in [-0.15, -0.1) is 0 Å². The second-order valence-corrected chi connectivity index (χ2v) is 10.3. The largest absolute Gasteiger partial charge is 0.480 e. The molecule has 2 aliphatic carbocycles. The summed E-state index contributed by atoms with van der Waals surface area (Å²) >= 11 is 15.5. The molecule has 0 saturated heterocycles. The number of halogens is 3. The van der Waals surface area contributed by atoms with Crippen LogP contribution in [-0.4, -0.2) is 28.8 Å². The van der Waals surface area contributed by atoms with Gasteiger partial charge in [-0.1, -0.05) is 60.7 Å². The topological polar surface area (TPSA) is 95.5 Å². The molecule has 34 heavy (non-hydrogen) atoms. The van der Waals surface area contributed by atoms with Crippen LogP contribution in [-0.2, 0) is 16.0 Å². The number of carbonyl (C=O) groups is 3. The van der Waals surface area contributed by atoms with Gasteiger partial charge in [-0.05, 0) is 58.6 Å². The Bertz CT molecular complexity index is 1150. The number of benzene rings is 2. The van der Waals surface area contributed by atoms with Crippen LogP contribution in [0, 0.1) is 5.41 Å². The Morgan fingerprint density at radius 3 is 2.24 bits per heavy atom. The van der Waals surface area contributed by atoms with E-state index < -0.39 is 23.3 Å². The zero-order valence-electron chi connectivity index (χ0n) is 18.2. The predicted molar refractivity (Wildman–Crippen MR) is 136 cm³/mol. The lowest BCUT2D eigenvalue weighted by Crippen LogP contribution is -2.53. The Labute approximate surface area is 215 Å². The second kappa shape index (κ2) is 10.1. The molecule has 1 unspecified atom stereocenters.